The van der Waals surface area contributed by atoms with Gasteiger partial charge in [0.1, 0.15) is 17.9 Å². The van der Waals surface area contributed by atoms with Crippen LogP contribution < -0.4 is 9.64 Å². The lowest BCUT2D eigenvalue weighted by atomic mass is 10.0. The van der Waals surface area contributed by atoms with Gasteiger partial charge in [-0.2, -0.15) is 0 Å². The fourth-order valence-electron chi connectivity index (χ4n) is 3.24. The van der Waals surface area contributed by atoms with Crippen LogP contribution in [0.2, 0.25) is 0 Å². The number of hydrogen-bond donors (Lipinski definition) is 0. The summed E-state index contributed by atoms with van der Waals surface area (Å²) in [6, 6.07) is 6.04. The van der Waals surface area contributed by atoms with Gasteiger partial charge in [0, 0.05) is 17.1 Å². The van der Waals surface area contributed by atoms with Gasteiger partial charge in [0.2, 0.25) is 11.8 Å². The van der Waals surface area contributed by atoms with E-state index in [1.165, 1.54) is 5.56 Å². The van der Waals surface area contributed by atoms with E-state index in [0.717, 1.165) is 33.3 Å². The maximum absolute atomic E-state index is 12.9. The van der Waals surface area contributed by atoms with Crippen LogP contribution in [0.5, 0.6) is 5.88 Å². The molecule has 0 spiro atoms. The first kappa shape index (κ1) is 15.7. The number of carbonyl (C=O) groups excluding carboxylic acids is 1. The Morgan fingerprint density at radius 1 is 1.28 bits per heavy atom. The van der Waals surface area contributed by atoms with Crippen molar-refractivity contribution in [3.8, 4) is 5.88 Å². The standard InChI is InChI=1S/C20H20N2O3/c1-12-8-17-20(21-10-12)24-7-6-22(17)18(23)9-15-11-25-19-14(3)13(2)4-5-16(15)19/h4-5,8,10-11H,6-7,9H2,1-3H3. The lowest BCUT2D eigenvalue weighted by Gasteiger charge is -2.28. The third-order valence-electron chi connectivity index (χ3n) is 4.80. The van der Waals surface area contributed by atoms with Crippen molar-refractivity contribution < 1.29 is 13.9 Å². The summed E-state index contributed by atoms with van der Waals surface area (Å²) in [7, 11) is 0. The summed E-state index contributed by atoms with van der Waals surface area (Å²) in [6.07, 6.45) is 3.75. The minimum Gasteiger partial charge on any atom is -0.474 e. The van der Waals surface area contributed by atoms with E-state index in [-0.39, 0.29) is 5.91 Å². The smallest absolute Gasteiger partial charge is 0.238 e. The summed E-state index contributed by atoms with van der Waals surface area (Å²) in [5.74, 6) is 0.548. The third kappa shape index (κ3) is 2.65. The minimum absolute atomic E-state index is 0.0258. The molecule has 1 amide bonds. The number of fused-ring (bicyclic) bond motifs is 2. The molecule has 0 bridgehead atoms. The Morgan fingerprint density at radius 2 is 2.12 bits per heavy atom. The number of carbonyl (C=O) groups is 1. The summed E-state index contributed by atoms with van der Waals surface area (Å²) in [6.45, 7) is 7.05. The molecule has 5 heteroatoms. The molecule has 2 aromatic heterocycles. The third-order valence-corrected chi connectivity index (χ3v) is 4.80. The second-order valence-corrected chi connectivity index (χ2v) is 6.55. The molecule has 0 fully saturated rings. The molecule has 0 N–H and O–H groups in total. The molecule has 3 aromatic rings. The number of furan rings is 1. The average Bonchev–Trinajstić information content (AvgIpc) is 3.01. The Hall–Kier alpha value is -2.82. The lowest BCUT2D eigenvalue weighted by Crippen LogP contribution is -2.39. The van der Waals surface area contributed by atoms with E-state index in [1.807, 2.05) is 26.0 Å². The highest BCUT2D eigenvalue weighted by molar-refractivity contribution is 5.98. The monoisotopic (exact) mass is 336 g/mol. The summed E-state index contributed by atoms with van der Waals surface area (Å²) < 4.78 is 11.3. The fraction of sp³-hybridized carbons (Fsp3) is 0.300. The van der Waals surface area contributed by atoms with Crippen molar-refractivity contribution in [2.24, 2.45) is 0 Å². The average molecular weight is 336 g/mol. The number of aryl methyl sites for hydroxylation is 3. The molecule has 1 aliphatic heterocycles. The first-order chi connectivity index (χ1) is 12.0. The molecule has 128 valence electrons. The van der Waals surface area contributed by atoms with Crippen molar-refractivity contribution in [2.45, 2.75) is 27.2 Å². The van der Waals surface area contributed by atoms with Gasteiger partial charge >= 0.3 is 0 Å². The Kier molecular flexibility index (Phi) is 3.71. The second-order valence-electron chi connectivity index (χ2n) is 6.55. The number of hydrogen-bond acceptors (Lipinski definition) is 4. The van der Waals surface area contributed by atoms with Crippen molar-refractivity contribution in [1.82, 2.24) is 4.98 Å². The molecule has 1 aromatic carbocycles. The largest absolute Gasteiger partial charge is 0.474 e. The SMILES string of the molecule is Cc1cnc2c(c1)N(C(=O)Cc1coc3c(C)c(C)ccc13)CCO2. The Morgan fingerprint density at radius 3 is 2.96 bits per heavy atom. The number of aromatic nitrogens is 1. The lowest BCUT2D eigenvalue weighted by molar-refractivity contribution is -0.118. The zero-order chi connectivity index (χ0) is 17.6. The molecule has 0 unspecified atom stereocenters. The highest BCUT2D eigenvalue weighted by Crippen LogP contribution is 2.32. The van der Waals surface area contributed by atoms with Crippen LogP contribution in [0.25, 0.3) is 11.0 Å². The number of pyridine rings is 1. The van der Waals surface area contributed by atoms with Crippen molar-refractivity contribution >= 4 is 22.6 Å². The van der Waals surface area contributed by atoms with Crippen molar-refractivity contribution in [3.05, 3.63) is 52.9 Å². The Bertz CT molecular complexity index is 974. The quantitative estimate of drug-likeness (QED) is 0.716. The van der Waals surface area contributed by atoms with Crippen LogP contribution in [-0.4, -0.2) is 24.0 Å². The summed E-state index contributed by atoms with van der Waals surface area (Å²) in [5.41, 5.74) is 5.83. The molecule has 3 heterocycles. The number of anilines is 1. The van der Waals surface area contributed by atoms with E-state index in [1.54, 1.807) is 17.4 Å². The molecule has 0 atom stereocenters. The van der Waals surface area contributed by atoms with Gasteiger partial charge in [-0.05, 0) is 43.5 Å². The molecule has 5 nitrogen and oxygen atoms in total. The van der Waals surface area contributed by atoms with E-state index in [0.29, 0.717) is 25.5 Å². The van der Waals surface area contributed by atoms with Crippen molar-refractivity contribution in [1.29, 1.82) is 0 Å². The van der Waals surface area contributed by atoms with Gasteiger partial charge in [0.25, 0.3) is 0 Å². The number of benzene rings is 1. The zero-order valence-electron chi connectivity index (χ0n) is 14.6. The number of ether oxygens (including phenoxy) is 1. The number of amides is 1. The highest BCUT2D eigenvalue weighted by atomic mass is 16.5. The van der Waals surface area contributed by atoms with Crippen LogP contribution in [0.15, 0.2) is 35.1 Å². The van der Waals surface area contributed by atoms with Gasteiger partial charge in [-0.15, -0.1) is 0 Å². The summed E-state index contributed by atoms with van der Waals surface area (Å²) in [5, 5.41) is 1.01. The van der Waals surface area contributed by atoms with Crippen LogP contribution in [0.3, 0.4) is 0 Å². The van der Waals surface area contributed by atoms with Crippen LogP contribution in [0, 0.1) is 20.8 Å². The van der Waals surface area contributed by atoms with Gasteiger partial charge in [0.15, 0.2) is 0 Å². The van der Waals surface area contributed by atoms with E-state index in [2.05, 4.69) is 18.0 Å². The van der Waals surface area contributed by atoms with Gasteiger partial charge in [-0.3, -0.25) is 4.79 Å². The zero-order valence-corrected chi connectivity index (χ0v) is 14.6. The van der Waals surface area contributed by atoms with Gasteiger partial charge in [-0.1, -0.05) is 12.1 Å². The maximum atomic E-state index is 12.9. The molecular formula is C20H20N2O3. The van der Waals surface area contributed by atoms with Crippen LogP contribution in [-0.2, 0) is 11.2 Å². The van der Waals surface area contributed by atoms with E-state index >= 15 is 0 Å². The molecule has 0 radical (unpaired) electrons. The van der Waals surface area contributed by atoms with E-state index in [9.17, 15) is 4.79 Å². The van der Waals surface area contributed by atoms with Crippen LogP contribution in [0.4, 0.5) is 5.69 Å². The predicted molar refractivity (Wildman–Crippen MR) is 96.2 cm³/mol. The van der Waals surface area contributed by atoms with E-state index < -0.39 is 0 Å². The van der Waals surface area contributed by atoms with E-state index in [4.69, 9.17) is 9.15 Å². The topological polar surface area (TPSA) is 55.6 Å². The molecule has 0 saturated carbocycles. The number of nitrogens with zero attached hydrogens (tertiary/aromatic N) is 2. The Balaban J connectivity index is 1.66. The van der Waals surface area contributed by atoms with Crippen LogP contribution in [0.1, 0.15) is 22.3 Å². The highest BCUT2D eigenvalue weighted by Gasteiger charge is 2.26. The summed E-state index contributed by atoms with van der Waals surface area (Å²) in [4.78, 5) is 19.0. The van der Waals surface area contributed by atoms with Gasteiger partial charge in [-0.25, -0.2) is 4.98 Å². The number of rotatable bonds is 2. The van der Waals surface area contributed by atoms with Gasteiger partial charge in [0.05, 0.1) is 19.2 Å². The second kappa shape index (κ2) is 5.92. The molecular weight excluding hydrogens is 316 g/mol. The van der Waals surface area contributed by atoms with Crippen LogP contribution >= 0.6 is 0 Å². The molecule has 0 aliphatic carbocycles. The first-order valence-corrected chi connectivity index (χ1v) is 8.40. The predicted octanol–water partition coefficient (Wildman–Crippen LogP) is 3.72. The van der Waals surface area contributed by atoms with Crippen molar-refractivity contribution in [3.63, 3.8) is 0 Å². The minimum atomic E-state index is 0.0258. The molecule has 1 aliphatic rings. The Labute approximate surface area is 146 Å². The fourth-order valence-corrected chi connectivity index (χ4v) is 3.24. The van der Waals surface area contributed by atoms with Crippen molar-refractivity contribution in [2.75, 3.05) is 18.1 Å². The van der Waals surface area contributed by atoms with Gasteiger partial charge < -0.3 is 14.1 Å². The summed E-state index contributed by atoms with van der Waals surface area (Å²) >= 11 is 0. The molecule has 0 saturated heterocycles. The molecule has 4 rings (SSSR count). The normalized spacial score (nSPS) is 13.6. The first-order valence-electron chi connectivity index (χ1n) is 8.40. The maximum Gasteiger partial charge on any atom is 0.238 e. The molecule has 25 heavy (non-hydrogen) atoms.